The van der Waals surface area contributed by atoms with Gasteiger partial charge < -0.3 is 20.1 Å². The Balaban J connectivity index is 1.48. The minimum atomic E-state index is -1.34. The summed E-state index contributed by atoms with van der Waals surface area (Å²) in [6.45, 7) is 18.2. The summed E-state index contributed by atoms with van der Waals surface area (Å²) >= 11 is 0. The lowest BCUT2D eigenvalue weighted by molar-refractivity contribution is -0.284. The Bertz CT molecular complexity index is 904. The van der Waals surface area contributed by atoms with E-state index in [1.165, 1.54) is 19.8 Å². The van der Waals surface area contributed by atoms with Gasteiger partial charge in [0.1, 0.15) is 6.10 Å². The number of ether oxygens (including phenoxy) is 1. The Kier molecular flexibility index (Phi) is 6.73. The molecule has 5 aliphatic carbocycles. The summed E-state index contributed by atoms with van der Waals surface area (Å²) in [5, 5.41) is 33.8. The Hall–Kier alpha value is -0.650. The zero-order chi connectivity index (χ0) is 27.3. The van der Waals surface area contributed by atoms with Crippen LogP contribution in [0.1, 0.15) is 107 Å². The molecule has 14 unspecified atom stereocenters. The summed E-state index contributed by atoms with van der Waals surface area (Å²) < 4.78 is 6.18. The molecule has 0 bridgehead atoms. The highest BCUT2D eigenvalue weighted by atomic mass is 16.5. The summed E-state index contributed by atoms with van der Waals surface area (Å²) in [5.41, 5.74) is -1.44. The molecule has 0 aromatic heterocycles. The van der Waals surface area contributed by atoms with Crippen LogP contribution in [0.2, 0.25) is 0 Å². The SMILES string of the molecule is CC(=O)OC1CC2(C)C(C(C)C3CC3(C)C(C)C(C)C)CCC2C2CC(O)C3(O)CC(O)CCC3(C)C12. The van der Waals surface area contributed by atoms with E-state index in [1.807, 2.05) is 0 Å². The Morgan fingerprint density at radius 2 is 1.62 bits per heavy atom. The van der Waals surface area contributed by atoms with Crippen molar-refractivity contribution in [1.29, 1.82) is 0 Å². The van der Waals surface area contributed by atoms with Crippen LogP contribution in [0, 0.1) is 63.6 Å². The first kappa shape index (κ1) is 27.9. The fourth-order valence-electron chi connectivity index (χ4n) is 11.3. The van der Waals surface area contributed by atoms with Gasteiger partial charge in [0, 0.05) is 24.7 Å². The second kappa shape index (κ2) is 8.93. The number of aliphatic hydroxyl groups excluding tert-OH is 2. The topological polar surface area (TPSA) is 87.0 Å². The molecule has 0 heterocycles. The van der Waals surface area contributed by atoms with Gasteiger partial charge in [0.25, 0.3) is 0 Å². The summed E-state index contributed by atoms with van der Waals surface area (Å²) in [5.74, 6) is 3.80. The Labute approximate surface area is 225 Å². The minimum Gasteiger partial charge on any atom is -0.462 e. The lowest BCUT2D eigenvalue weighted by Crippen LogP contribution is -2.71. The van der Waals surface area contributed by atoms with Crippen molar-refractivity contribution in [2.45, 2.75) is 131 Å². The van der Waals surface area contributed by atoms with Crippen LogP contribution in [-0.4, -0.2) is 45.2 Å². The number of carbonyl (C=O) groups is 1. The van der Waals surface area contributed by atoms with Gasteiger partial charge in [-0.15, -0.1) is 0 Å². The highest BCUT2D eigenvalue weighted by molar-refractivity contribution is 5.66. The van der Waals surface area contributed by atoms with Crippen molar-refractivity contribution in [1.82, 2.24) is 0 Å². The average Bonchev–Trinajstić information content (AvgIpc) is 3.37. The number of hydrogen-bond acceptors (Lipinski definition) is 5. The largest absolute Gasteiger partial charge is 0.462 e. The summed E-state index contributed by atoms with van der Waals surface area (Å²) in [6.07, 6.45) is 4.84. The molecule has 5 rings (SSSR count). The van der Waals surface area contributed by atoms with Crippen molar-refractivity contribution in [2.75, 3.05) is 0 Å². The van der Waals surface area contributed by atoms with E-state index >= 15 is 0 Å². The van der Waals surface area contributed by atoms with Crippen molar-refractivity contribution >= 4 is 5.97 Å². The zero-order valence-corrected chi connectivity index (χ0v) is 24.7. The van der Waals surface area contributed by atoms with Crippen LogP contribution in [0.15, 0.2) is 0 Å². The molecule has 0 aliphatic heterocycles. The molecule has 37 heavy (non-hydrogen) atoms. The second-order valence-corrected chi connectivity index (χ2v) is 15.5. The van der Waals surface area contributed by atoms with E-state index < -0.39 is 23.2 Å². The normalized spacial score (nSPS) is 54.6. The monoisotopic (exact) mass is 518 g/mol. The second-order valence-electron chi connectivity index (χ2n) is 15.5. The third-order valence-corrected chi connectivity index (χ3v) is 13.8. The highest BCUT2D eigenvalue weighted by Gasteiger charge is 2.71. The number of hydrogen-bond donors (Lipinski definition) is 3. The number of carbonyl (C=O) groups excluding carboxylic acids is 1. The van der Waals surface area contributed by atoms with Crippen LogP contribution in [0.3, 0.4) is 0 Å². The molecule has 14 atom stereocenters. The maximum absolute atomic E-state index is 12.4. The molecule has 5 nitrogen and oxygen atoms in total. The van der Waals surface area contributed by atoms with Crippen molar-refractivity contribution in [2.24, 2.45) is 63.6 Å². The zero-order valence-electron chi connectivity index (χ0n) is 24.7. The van der Waals surface area contributed by atoms with E-state index in [0.717, 1.165) is 18.8 Å². The first-order valence-electron chi connectivity index (χ1n) is 15.4. The van der Waals surface area contributed by atoms with Crippen LogP contribution in [0.5, 0.6) is 0 Å². The van der Waals surface area contributed by atoms with Crippen LogP contribution in [0.25, 0.3) is 0 Å². The predicted octanol–water partition coefficient (Wildman–Crippen LogP) is 5.59. The maximum Gasteiger partial charge on any atom is 0.302 e. The summed E-state index contributed by atoms with van der Waals surface area (Å²) in [4.78, 5) is 12.4. The van der Waals surface area contributed by atoms with Gasteiger partial charge in [-0.1, -0.05) is 48.5 Å². The van der Waals surface area contributed by atoms with Crippen molar-refractivity contribution in [3.63, 3.8) is 0 Å². The van der Waals surface area contributed by atoms with Crippen LogP contribution in [-0.2, 0) is 9.53 Å². The molecule has 0 spiro atoms. The molecule has 5 fully saturated rings. The maximum atomic E-state index is 12.4. The quantitative estimate of drug-likeness (QED) is 0.413. The number of esters is 1. The molecule has 0 saturated heterocycles. The van der Waals surface area contributed by atoms with Gasteiger partial charge in [-0.05, 0) is 97.2 Å². The number of fused-ring (bicyclic) bond motifs is 5. The van der Waals surface area contributed by atoms with Crippen molar-refractivity contribution < 1.29 is 24.9 Å². The summed E-state index contributed by atoms with van der Waals surface area (Å²) in [6, 6.07) is 0. The van der Waals surface area contributed by atoms with Gasteiger partial charge in [0.15, 0.2) is 0 Å². The molecule has 0 aromatic rings. The van der Waals surface area contributed by atoms with Crippen LogP contribution >= 0.6 is 0 Å². The smallest absolute Gasteiger partial charge is 0.302 e. The molecule has 212 valence electrons. The van der Waals surface area contributed by atoms with Gasteiger partial charge in [-0.25, -0.2) is 0 Å². The number of aliphatic hydroxyl groups is 3. The molecule has 5 aliphatic rings. The molecular weight excluding hydrogens is 464 g/mol. The summed E-state index contributed by atoms with van der Waals surface area (Å²) in [7, 11) is 0. The third-order valence-electron chi connectivity index (χ3n) is 13.8. The first-order valence-corrected chi connectivity index (χ1v) is 15.4. The van der Waals surface area contributed by atoms with E-state index in [4.69, 9.17) is 4.74 Å². The lowest BCUT2D eigenvalue weighted by Gasteiger charge is -2.66. The van der Waals surface area contributed by atoms with E-state index in [9.17, 15) is 20.1 Å². The molecule has 0 amide bonds. The van der Waals surface area contributed by atoms with Gasteiger partial charge in [0.05, 0.1) is 17.8 Å². The molecule has 3 N–H and O–H groups in total. The minimum absolute atomic E-state index is 0.0107. The van der Waals surface area contributed by atoms with E-state index in [0.29, 0.717) is 54.3 Å². The van der Waals surface area contributed by atoms with Crippen LogP contribution in [0.4, 0.5) is 0 Å². The fraction of sp³-hybridized carbons (Fsp3) is 0.969. The van der Waals surface area contributed by atoms with Crippen molar-refractivity contribution in [3.8, 4) is 0 Å². The lowest BCUT2D eigenvalue weighted by atomic mass is 9.41. The van der Waals surface area contributed by atoms with Crippen molar-refractivity contribution in [3.05, 3.63) is 0 Å². The van der Waals surface area contributed by atoms with Crippen LogP contribution < -0.4 is 0 Å². The molecule has 0 aromatic carbocycles. The molecule has 5 heteroatoms. The van der Waals surface area contributed by atoms with E-state index in [1.54, 1.807) is 0 Å². The van der Waals surface area contributed by atoms with Gasteiger partial charge in [-0.3, -0.25) is 4.79 Å². The van der Waals surface area contributed by atoms with Gasteiger partial charge in [0.2, 0.25) is 0 Å². The molecular formula is C32H54O5. The van der Waals surface area contributed by atoms with Gasteiger partial charge in [-0.2, -0.15) is 0 Å². The Morgan fingerprint density at radius 1 is 0.946 bits per heavy atom. The molecule has 0 radical (unpaired) electrons. The number of rotatable bonds is 5. The fourth-order valence-corrected chi connectivity index (χ4v) is 11.3. The Morgan fingerprint density at radius 3 is 2.24 bits per heavy atom. The first-order chi connectivity index (χ1) is 17.1. The van der Waals surface area contributed by atoms with E-state index in [-0.39, 0.29) is 35.7 Å². The molecule has 5 saturated carbocycles. The highest BCUT2D eigenvalue weighted by Crippen LogP contribution is 2.72. The third kappa shape index (κ3) is 3.90. The predicted molar refractivity (Wildman–Crippen MR) is 144 cm³/mol. The van der Waals surface area contributed by atoms with Gasteiger partial charge >= 0.3 is 5.97 Å². The van der Waals surface area contributed by atoms with E-state index in [2.05, 4.69) is 48.5 Å². The average molecular weight is 519 g/mol. The standard InChI is InChI=1S/C32H54O5/c1-17(2)19(4)29(6)15-25(29)18(3)23-9-10-24-22-13-27(35)32(36)14-21(34)11-12-31(32,8)28(22)26(37-20(5)33)16-30(23,24)7/h17-19,21-28,34-36H,9-16H2,1-8H3.